The predicted octanol–water partition coefficient (Wildman–Crippen LogP) is 2.19. The number of carbonyl (C=O) groups is 1. The summed E-state index contributed by atoms with van der Waals surface area (Å²) in [6.45, 7) is 7.06. The van der Waals surface area contributed by atoms with Gasteiger partial charge in [-0.15, -0.1) is 0 Å². The third kappa shape index (κ3) is 2.99. The summed E-state index contributed by atoms with van der Waals surface area (Å²) in [5.74, 6) is 0.163. The summed E-state index contributed by atoms with van der Waals surface area (Å²) in [7, 11) is 1.76. The average Bonchev–Trinajstić information content (AvgIpc) is 2.80. The molecule has 1 amide bonds. The number of aromatic nitrogens is 1. The van der Waals surface area contributed by atoms with Gasteiger partial charge in [-0.25, -0.2) is 4.98 Å². The smallest absolute Gasteiger partial charge is 0.289 e. The molecular weight excluding hydrogens is 254 g/mol. The van der Waals surface area contributed by atoms with Crippen LogP contribution in [-0.2, 0) is 0 Å². The van der Waals surface area contributed by atoms with Crippen molar-refractivity contribution in [2.24, 2.45) is 11.1 Å². The quantitative estimate of drug-likeness (QED) is 0.928. The maximum atomic E-state index is 12.4. The Kier molecular flexibility index (Phi) is 3.81. The molecule has 0 bridgehead atoms. The van der Waals surface area contributed by atoms with Crippen molar-refractivity contribution in [3.63, 3.8) is 0 Å². The van der Waals surface area contributed by atoms with Crippen molar-refractivity contribution >= 4 is 17.0 Å². The summed E-state index contributed by atoms with van der Waals surface area (Å²) in [5, 5.41) is 0. The Hall–Kier alpha value is -1.88. The van der Waals surface area contributed by atoms with Gasteiger partial charge >= 0.3 is 0 Å². The van der Waals surface area contributed by atoms with Crippen molar-refractivity contribution in [1.29, 1.82) is 0 Å². The monoisotopic (exact) mass is 275 g/mol. The first-order valence-electron chi connectivity index (χ1n) is 6.65. The second kappa shape index (κ2) is 5.25. The highest BCUT2D eigenvalue weighted by Crippen LogP contribution is 2.20. The van der Waals surface area contributed by atoms with E-state index in [4.69, 9.17) is 10.2 Å². The van der Waals surface area contributed by atoms with Crippen LogP contribution in [0.2, 0.25) is 0 Å². The van der Waals surface area contributed by atoms with Gasteiger partial charge in [0, 0.05) is 25.4 Å². The molecule has 0 saturated heterocycles. The third-order valence-electron chi connectivity index (χ3n) is 3.29. The van der Waals surface area contributed by atoms with Crippen LogP contribution in [0, 0.1) is 12.3 Å². The number of pyridine rings is 1. The lowest BCUT2D eigenvalue weighted by atomic mass is 9.93. The van der Waals surface area contributed by atoms with Crippen molar-refractivity contribution in [1.82, 2.24) is 9.88 Å². The van der Waals surface area contributed by atoms with Crippen LogP contribution in [0.3, 0.4) is 0 Å². The molecule has 0 atom stereocenters. The summed E-state index contributed by atoms with van der Waals surface area (Å²) in [5.41, 5.74) is 7.82. The molecule has 0 radical (unpaired) electrons. The lowest BCUT2D eigenvalue weighted by molar-refractivity contribution is 0.0711. The van der Waals surface area contributed by atoms with Gasteiger partial charge in [-0.2, -0.15) is 0 Å². The SMILES string of the molecule is Cc1ccc2oc(C(=O)N(C)CC(C)(C)CN)cc2n1. The molecule has 2 aromatic rings. The normalized spacial score (nSPS) is 11.8. The van der Waals surface area contributed by atoms with E-state index in [1.54, 1.807) is 18.0 Å². The Bertz CT molecular complexity index is 631. The van der Waals surface area contributed by atoms with Gasteiger partial charge < -0.3 is 15.1 Å². The molecule has 5 heteroatoms. The number of amides is 1. The fraction of sp³-hybridized carbons (Fsp3) is 0.467. The van der Waals surface area contributed by atoms with E-state index >= 15 is 0 Å². The van der Waals surface area contributed by atoms with Gasteiger partial charge in [-0.1, -0.05) is 13.8 Å². The van der Waals surface area contributed by atoms with Crippen molar-refractivity contribution in [3.05, 3.63) is 29.7 Å². The minimum atomic E-state index is -0.151. The number of furan rings is 1. The zero-order valence-corrected chi connectivity index (χ0v) is 12.4. The highest BCUT2D eigenvalue weighted by Gasteiger charge is 2.24. The minimum Gasteiger partial charge on any atom is -0.449 e. The highest BCUT2D eigenvalue weighted by molar-refractivity contribution is 5.95. The van der Waals surface area contributed by atoms with Crippen LogP contribution in [0.25, 0.3) is 11.1 Å². The second-order valence-electron chi connectivity index (χ2n) is 5.98. The van der Waals surface area contributed by atoms with Gasteiger partial charge in [-0.05, 0) is 31.0 Å². The molecular formula is C15H21N3O2. The maximum Gasteiger partial charge on any atom is 0.289 e. The standard InChI is InChI=1S/C15H21N3O2/c1-10-5-6-12-11(17-10)7-13(20-12)14(19)18(4)9-15(2,3)8-16/h5-7H,8-9,16H2,1-4H3. The molecule has 0 unspecified atom stereocenters. The van der Waals surface area contributed by atoms with E-state index < -0.39 is 0 Å². The lowest BCUT2D eigenvalue weighted by Gasteiger charge is -2.28. The molecule has 0 saturated carbocycles. The summed E-state index contributed by atoms with van der Waals surface area (Å²) < 4.78 is 5.57. The van der Waals surface area contributed by atoms with Crippen LogP contribution in [0.1, 0.15) is 30.1 Å². The molecule has 5 nitrogen and oxygen atoms in total. The van der Waals surface area contributed by atoms with Crippen LogP contribution in [0.4, 0.5) is 0 Å². The van der Waals surface area contributed by atoms with E-state index in [0.717, 1.165) is 5.69 Å². The first-order chi connectivity index (χ1) is 9.32. The molecule has 0 aliphatic heterocycles. The highest BCUT2D eigenvalue weighted by atomic mass is 16.3. The Morgan fingerprint density at radius 2 is 2.15 bits per heavy atom. The first-order valence-corrected chi connectivity index (χ1v) is 6.65. The van der Waals surface area contributed by atoms with Crippen molar-refractivity contribution in [2.45, 2.75) is 20.8 Å². The van der Waals surface area contributed by atoms with Crippen LogP contribution >= 0.6 is 0 Å². The fourth-order valence-corrected chi connectivity index (χ4v) is 2.10. The number of hydrogen-bond donors (Lipinski definition) is 1. The fourth-order valence-electron chi connectivity index (χ4n) is 2.10. The molecule has 2 N–H and O–H groups in total. The van der Waals surface area contributed by atoms with Crippen molar-refractivity contribution in [2.75, 3.05) is 20.1 Å². The van der Waals surface area contributed by atoms with Gasteiger partial charge in [0.25, 0.3) is 5.91 Å². The number of rotatable bonds is 4. The van der Waals surface area contributed by atoms with E-state index in [9.17, 15) is 4.79 Å². The van der Waals surface area contributed by atoms with Gasteiger partial charge in [0.2, 0.25) is 0 Å². The Labute approximate surface area is 118 Å². The largest absolute Gasteiger partial charge is 0.449 e. The lowest BCUT2D eigenvalue weighted by Crippen LogP contribution is -2.39. The van der Waals surface area contributed by atoms with Gasteiger partial charge in [0.05, 0.1) is 0 Å². The number of nitrogens with zero attached hydrogens (tertiary/aromatic N) is 2. The van der Waals surface area contributed by atoms with Crippen molar-refractivity contribution < 1.29 is 9.21 Å². The van der Waals surface area contributed by atoms with Crippen LogP contribution in [-0.4, -0.2) is 35.9 Å². The summed E-state index contributed by atoms with van der Waals surface area (Å²) in [6.07, 6.45) is 0. The van der Waals surface area contributed by atoms with Crippen LogP contribution < -0.4 is 5.73 Å². The number of hydrogen-bond acceptors (Lipinski definition) is 4. The number of carbonyl (C=O) groups excluding carboxylic acids is 1. The molecule has 0 aliphatic rings. The molecule has 108 valence electrons. The Balaban J connectivity index is 2.22. The maximum absolute atomic E-state index is 12.4. The molecule has 20 heavy (non-hydrogen) atoms. The summed E-state index contributed by atoms with van der Waals surface area (Å²) in [6, 6.07) is 5.39. The first kappa shape index (κ1) is 14.5. The van der Waals surface area contributed by atoms with Gasteiger partial charge in [0.15, 0.2) is 11.3 Å². The molecule has 0 aliphatic carbocycles. The van der Waals surface area contributed by atoms with E-state index in [0.29, 0.717) is 29.9 Å². The molecule has 2 heterocycles. The molecule has 0 aromatic carbocycles. The predicted molar refractivity (Wildman–Crippen MR) is 78.5 cm³/mol. The second-order valence-corrected chi connectivity index (χ2v) is 5.98. The topological polar surface area (TPSA) is 72.4 Å². The summed E-state index contributed by atoms with van der Waals surface area (Å²) >= 11 is 0. The number of aryl methyl sites for hydroxylation is 1. The van der Waals surface area contributed by atoms with Crippen molar-refractivity contribution in [3.8, 4) is 0 Å². The zero-order valence-electron chi connectivity index (χ0n) is 12.4. The number of nitrogens with two attached hydrogens (primary N) is 1. The number of fused-ring (bicyclic) bond motifs is 1. The van der Waals surface area contributed by atoms with Gasteiger partial charge in [0.1, 0.15) is 5.52 Å². The molecule has 0 fully saturated rings. The Morgan fingerprint density at radius 1 is 1.45 bits per heavy atom. The molecule has 2 aromatic heterocycles. The minimum absolute atomic E-state index is 0.120. The third-order valence-corrected chi connectivity index (χ3v) is 3.29. The molecule has 2 rings (SSSR count). The van der Waals surface area contributed by atoms with Gasteiger partial charge in [-0.3, -0.25) is 4.79 Å². The van der Waals surface area contributed by atoms with Crippen LogP contribution in [0.5, 0.6) is 0 Å². The van der Waals surface area contributed by atoms with E-state index in [1.807, 2.05) is 32.9 Å². The van der Waals surface area contributed by atoms with Crippen LogP contribution in [0.15, 0.2) is 22.6 Å². The Morgan fingerprint density at radius 3 is 2.80 bits per heavy atom. The summed E-state index contributed by atoms with van der Waals surface area (Å²) in [4.78, 5) is 18.3. The van der Waals surface area contributed by atoms with E-state index in [1.165, 1.54) is 0 Å². The molecule has 0 spiro atoms. The zero-order chi connectivity index (χ0) is 14.9. The van der Waals surface area contributed by atoms with E-state index in [2.05, 4.69) is 4.98 Å². The van der Waals surface area contributed by atoms with E-state index in [-0.39, 0.29) is 11.3 Å². The average molecular weight is 275 g/mol.